The van der Waals surface area contributed by atoms with Gasteiger partial charge in [-0.2, -0.15) is 4.31 Å². The maximum absolute atomic E-state index is 12.9. The highest BCUT2D eigenvalue weighted by atomic mass is 35.5. The molecule has 1 amide bonds. The molecule has 0 aromatic heterocycles. The molecule has 0 bridgehead atoms. The van der Waals surface area contributed by atoms with Crippen LogP contribution in [0.3, 0.4) is 0 Å². The fraction of sp³-hybridized carbons (Fsp3) is 0.611. The zero-order valence-electron chi connectivity index (χ0n) is 14.5. The van der Waals surface area contributed by atoms with E-state index in [2.05, 4.69) is 0 Å². The second-order valence-corrected chi connectivity index (χ2v) is 9.52. The number of carbonyl (C=O) groups is 1. The molecule has 25 heavy (non-hydrogen) atoms. The van der Waals surface area contributed by atoms with E-state index in [9.17, 15) is 13.2 Å². The highest BCUT2D eigenvalue weighted by Crippen LogP contribution is 2.34. The second kappa shape index (κ2) is 7.64. The summed E-state index contributed by atoms with van der Waals surface area (Å²) in [4.78, 5) is 15.0. The monoisotopic (exact) mass is 384 g/mol. The van der Waals surface area contributed by atoms with E-state index in [1.807, 2.05) is 4.90 Å². The third-order valence-corrected chi connectivity index (χ3v) is 7.15. The molecule has 5 nitrogen and oxygen atoms in total. The SMILES string of the molecule is CN(CC(=O)N(C1CCCCC1)C1CC1)S(=O)(=O)c1ccc(Cl)cc1. The average Bonchev–Trinajstić information content (AvgIpc) is 3.41. The number of hydrogen-bond acceptors (Lipinski definition) is 3. The van der Waals surface area contributed by atoms with Gasteiger partial charge in [-0.15, -0.1) is 0 Å². The molecule has 0 N–H and O–H groups in total. The van der Waals surface area contributed by atoms with Crippen LogP contribution < -0.4 is 0 Å². The molecule has 2 saturated carbocycles. The van der Waals surface area contributed by atoms with Crippen molar-refractivity contribution >= 4 is 27.5 Å². The van der Waals surface area contributed by atoms with Crippen molar-refractivity contribution in [2.75, 3.05) is 13.6 Å². The predicted molar refractivity (Wildman–Crippen MR) is 98.0 cm³/mol. The Bertz CT molecular complexity index is 710. The van der Waals surface area contributed by atoms with E-state index >= 15 is 0 Å². The lowest BCUT2D eigenvalue weighted by Gasteiger charge is -2.35. The van der Waals surface area contributed by atoms with Gasteiger partial charge >= 0.3 is 0 Å². The predicted octanol–water partition coefficient (Wildman–Crippen LogP) is 3.28. The topological polar surface area (TPSA) is 57.7 Å². The summed E-state index contributed by atoms with van der Waals surface area (Å²) in [5.74, 6) is -0.0746. The summed E-state index contributed by atoms with van der Waals surface area (Å²) in [6, 6.07) is 6.62. The largest absolute Gasteiger partial charge is 0.336 e. The average molecular weight is 385 g/mol. The minimum Gasteiger partial charge on any atom is -0.336 e. The molecule has 2 fully saturated rings. The fourth-order valence-corrected chi connectivity index (χ4v) is 4.81. The van der Waals surface area contributed by atoms with Gasteiger partial charge in [-0.25, -0.2) is 8.42 Å². The number of halogens is 1. The molecule has 0 aliphatic heterocycles. The quantitative estimate of drug-likeness (QED) is 0.756. The Morgan fingerprint density at radius 3 is 2.16 bits per heavy atom. The Balaban J connectivity index is 1.70. The molecule has 1 aromatic carbocycles. The van der Waals surface area contributed by atoms with E-state index < -0.39 is 10.0 Å². The van der Waals surface area contributed by atoms with Gasteiger partial charge in [0.25, 0.3) is 0 Å². The molecule has 1 aromatic rings. The first-order valence-corrected chi connectivity index (χ1v) is 10.7. The Morgan fingerprint density at radius 1 is 1.04 bits per heavy atom. The van der Waals surface area contributed by atoms with Crippen LogP contribution in [0.2, 0.25) is 5.02 Å². The van der Waals surface area contributed by atoms with Crippen molar-refractivity contribution in [3.8, 4) is 0 Å². The van der Waals surface area contributed by atoms with Crippen LogP contribution in [0.5, 0.6) is 0 Å². The van der Waals surface area contributed by atoms with Gasteiger partial charge in [-0.3, -0.25) is 4.79 Å². The number of amides is 1. The zero-order valence-corrected chi connectivity index (χ0v) is 16.1. The van der Waals surface area contributed by atoms with Gasteiger partial charge in [0.05, 0.1) is 11.4 Å². The van der Waals surface area contributed by atoms with Gasteiger partial charge in [0.1, 0.15) is 0 Å². The Kier molecular flexibility index (Phi) is 5.71. The molecule has 0 heterocycles. The first kappa shape index (κ1) is 18.7. The Morgan fingerprint density at radius 2 is 1.60 bits per heavy atom. The molecule has 0 spiro atoms. The van der Waals surface area contributed by atoms with Crippen molar-refractivity contribution in [1.82, 2.24) is 9.21 Å². The minimum absolute atomic E-state index is 0.0746. The van der Waals surface area contributed by atoms with Crippen molar-refractivity contribution in [3.63, 3.8) is 0 Å². The van der Waals surface area contributed by atoms with Gasteiger partial charge in [-0.1, -0.05) is 30.9 Å². The molecule has 0 radical (unpaired) electrons. The summed E-state index contributed by atoms with van der Waals surface area (Å²) in [6.07, 6.45) is 7.69. The van der Waals surface area contributed by atoms with Crippen LogP contribution in [0, 0.1) is 0 Å². The summed E-state index contributed by atoms with van der Waals surface area (Å²) < 4.78 is 26.5. The third-order valence-electron chi connectivity index (χ3n) is 5.08. The second-order valence-electron chi connectivity index (χ2n) is 7.04. The van der Waals surface area contributed by atoms with E-state index in [-0.39, 0.29) is 23.4 Å². The van der Waals surface area contributed by atoms with Crippen molar-refractivity contribution in [3.05, 3.63) is 29.3 Å². The summed E-state index contributed by atoms with van der Waals surface area (Å²) in [5.41, 5.74) is 0. The molecule has 2 aliphatic rings. The van der Waals surface area contributed by atoms with E-state index in [0.717, 1.165) is 42.8 Å². The van der Waals surface area contributed by atoms with Crippen LogP contribution >= 0.6 is 11.6 Å². The first-order chi connectivity index (χ1) is 11.9. The summed E-state index contributed by atoms with van der Waals surface area (Å²) >= 11 is 5.83. The highest BCUT2D eigenvalue weighted by Gasteiger charge is 2.38. The molecule has 7 heteroatoms. The first-order valence-electron chi connectivity index (χ1n) is 8.92. The summed E-state index contributed by atoms with van der Waals surface area (Å²) in [5, 5.41) is 0.481. The number of benzene rings is 1. The molecular formula is C18H25ClN2O3S. The molecule has 0 atom stereocenters. The van der Waals surface area contributed by atoms with Gasteiger partial charge in [0.15, 0.2) is 0 Å². The van der Waals surface area contributed by atoms with Crippen molar-refractivity contribution in [2.45, 2.75) is 61.9 Å². The molecule has 138 valence electrons. The maximum Gasteiger partial charge on any atom is 0.243 e. The van der Waals surface area contributed by atoms with Gasteiger partial charge in [0, 0.05) is 24.2 Å². The molecule has 0 saturated heterocycles. The van der Waals surface area contributed by atoms with Crippen LogP contribution in [0.4, 0.5) is 0 Å². The van der Waals surface area contributed by atoms with Crippen LogP contribution in [-0.2, 0) is 14.8 Å². The van der Waals surface area contributed by atoms with E-state index in [4.69, 9.17) is 11.6 Å². The Hall–Kier alpha value is -1.11. The highest BCUT2D eigenvalue weighted by molar-refractivity contribution is 7.89. The standard InChI is InChI=1S/C18H25ClN2O3S/c1-20(25(23,24)17-11-7-14(19)8-12-17)13-18(22)21(16-9-10-16)15-5-3-2-4-6-15/h7-8,11-12,15-16H,2-6,9-10,13H2,1H3. The lowest BCUT2D eigenvalue weighted by Crippen LogP contribution is -2.47. The number of rotatable bonds is 6. The normalized spacial score (nSPS) is 19.2. The zero-order chi connectivity index (χ0) is 18.0. The van der Waals surface area contributed by atoms with Gasteiger partial charge in [0.2, 0.25) is 15.9 Å². The number of sulfonamides is 1. The van der Waals surface area contributed by atoms with Crippen LogP contribution in [0.15, 0.2) is 29.2 Å². The van der Waals surface area contributed by atoms with E-state index in [1.165, 1.54) is 25.6 Å². The molecular weight excluding hydrogens is 360 g/mol. The minimum atomic E-state index is -3.69. The third kappa shape index (κ3) is 4.36. The molecule has 2 aliphatic carbocycles. The molecule has 3 rings (SSSR count). The van der Waals surface area contributed by atoms with Crippen molar-refractivity contribution < 1.29 is 13.2 Å². The number of nitrogens with zero attached hydrogens (tertiary/aromatic N) is 2. The Labute approximate surface area is 155 Å². The van der Waals surface area contributed by atoms with E-state index in [0.29, 0.717) is 11.1 Å². The number of carbonyl (C=O) groups excluding carboxylic acids is 1. The summed E-state index contributed by atoms with van der Waals surface area (Å²) in [7, 11) is -2.23. The van der Waals surface area contributed by atoms with Crippen LogP contribution in [0.1, 0.15) is 44.9 Å². The van der Waals surface area contributed by atoms with Gasteiger partial charge < -0.3 is 4.90 Å². The maximum atomic E-state index is 12.9. The lowest BCUT2D eigenvalue weighted by molar-refractivity contribution is -0.134. The van der Waals surface area contributed by atoms with Crippen molar-refractivity contribution in [1.29, 1.82) is 0 Å². The van der Waals surface area contributed by atoms with E-state index in [1.54, 1.807) is 12.1 Å². The van der Waals surface area contributed by atoms with Crippen LogP contribution in [0.25, 0.3) is 0 Å². The fourth-order valence-electron chi connectivity index (χ4n) is 3.56. The number of hydrogen-bond donors (Lipinski definition) is 0. The van der Waals surface area contributed by atoms with Gasteiger partial charge in [-0.05, 0) is 49.9 Å². The lowest BCUT2D eigenvalue weighted by atomic mass is 9.94. The molecule has 0 unspecified atom stereocenters. The van der Waals surface area contributed by atoms with Crippen LogP contribution in [-0.4, -0.2) is 49.2 Å². The van der Waals surface area contributed by atoms with Crippen molar-refractivity contribution in [2.24, 2.45) is 0 Å². The summed E-state index contributed by atoms with van der Waals surface area (Å²) in [6.45, 7) is -0.113. The smallest absolute Gasteiger partial charge is 0.243 e. The number of likely N-dealkylation sites (N-methyl/N-ethyl adjacent to an activating group) is 1.